The van der Waals surface area contributed by atoms with Crippen LogP contribution in [-0.4, -0.2) is 11.3 Å². The van der Waals surface area contributed by atoms with Crippen LogP contribution in [0.25, 0.3) is 10.9 Å². The molecule has 0 saturated carbocycles. The first-order valence-corrected chi connectivity index (χ1v) is 5.66. The molecule has 0 radical (unpaired) electrons. The molecule has 0 spiro atoms. The zero-order valence-corrected chi connectivity index (χ0v) is 10.3. The molecule has 0 aliphatic rings. The summed E-state index contributed by atoms with van der Waals surface area (Å²) in [5.74, 6) is -0.277. The minimum absolute atomic E-state index is 0.0694. The summed E-state index contributed by atoms with van der Waals surface area (Å²) < 4.78 is 13.3. The number of aldehydes is 1. The van der Waals surface area contributed by atoms with Gasteiger partial charge in [-0.05, 0) is 29.7 Å². The molecule has 0 amide bonds. The van der Waals surface area contributed by atoms with Crippen LogP contribution in [0.1, 0.15) is 35.7 Å². The van der Waals surface area contributed by atoms with E-state index >= 15 is 0 Å². The van der Waals surface area contributed by atoms with E-state index in [4.69, 9.17) is 11.6 Å². The lowest BCUT2D eigenvalue weighted by atomic mass is 9.94. The molecule has 1 heterocycles. The number of benzene rings is 1. The Morgan fingerprint density at radius 2 is 2.12 bits per heavy atom. The van der Waals surface area contributed by atoms with Gasteiger partial charge in [-0.3, -0.25) is 4.79 Å². The van der Waals surface area contributed by atoms with E-state index in [-0.39, 0.29) is 16.9 Å². The van der Waals surface area contributed by atoms with Crippen LogP contribution in [0.2, 0.25) is 5.15 Å². The van der Waals surface area contributed by atoms with Crippen molar-refractivity contribution in [3.63, 3.8) is 0 Å². The van der Waals surface area contributed by atoms with Crippen molar-refractivity contribution in [2.75, 3.05) is 0 Å². The maximum Gasteiger partial charge on any atom is 0.153 e. The maximum absolute atomic E-state index is 13.3. The van der Waals surface area contributed by atoms with Gasteiger partial charge in [0.25, 0.3) is 0 Å². The summed E-state index contributed by atoms with van der Waals surface area (Å²) in [5, 5.41) is 0.814. The van der Waals surface area contributed by atoms with Crippen LogP contribution in [0.5, 0.6) is 0 Å². The van der Waals surface area contributed by atoms with Crippen molar-refractivity contribution in [2.45, 2.75) is 19.8 Å². The summed E-state index contributed by atoms with van der Waals surface area (Å²) >= 11 is 5.96. The third-order valence-electron chi connectivity index (χ3n) is 2.68. The first-order chi connectivity index (χ1) is 8.04. The quantitative estimate of drug-likeness (QED) is 0.597. The number of nitrogens with zero attached hydrogens (tertiary/aromatic N) is 1. The Kier molecular flexibility index (Phi) is 3.11. The molecule has 17 heavy (non-hydrogen) atoms. The van der Waals surface area contributed by atoms with Gasteiger partial charge in [0, 0.05) is 5.39 Å². The van der Waals surface area contributed by atoms with Gasteiger partial charge in [0.15, 0.2) is 6.29 Å². The molecule has 2 nitrogen and oxygen atoms in total. The highest BCUT2D eigenvalue weighted by Crippen LogP contribution is 2.31. The maximum atomic E-state index is 13.3. The smallest absolute Gasteiger partial charge is 0.153 e. The molecule has 0 saturated heterocycles. The summed E-state index contributed by atoms with van der Waals surface area (Å²) in [4.78, 5) is 15.2. The van der Waals surface area contributed by atoms with Crippen molar-refractivity contribution in [2.24, 2.45) is 0 Å². The highest BCUT2D eigenvalue weighted by Gasteiger charge is 2.16. The van der Waals surface area contributed by atoms with Crippen LogP contribution in [0.4, 0.5) is 4.39 Å². The predicted octanol–water partition coefficient (Wildman–Crippen LogP) is 3.96. The molecule has 88 valence electrons. The fourth-order valence-electron chi connectivity index (χ4n) is 1.98. The minimum atomic E-state index is -0.347. The summed E-state index contributed by atoms with van der Waals surface area (Å²) in [7, 11) is 0. The molecule has 1 aromatic carbocycles. The normalized spacial score (nSPS) is 11.1. The molecule has 2 aromatic rings. The van der Waals surface area contributed by atoms with E-state index in [1.165, 1.54) is 12.1 Å². The number of carbonyl (C=O) groups excluding carboxylic acids is 1. The lowest BCUT2D eigenvalue weighted by Gasteiger charge is -2.13. The van der Waals surface area contributed by atoms with Gasteiger partial charge in [-0.2, -0.15) is 0 Å². The number of aromatic nitrogens is 1. The average Bonchev–Trinajstić information content (AvgIpc) is 2.27. The van der Waals surface area contributed by atoms with Crippen molar-refractivity contribution in [3.05, 3.63) is 40.3 Å². The molecule has 2 rings (SSSR count). The SMILES string of the molecule is CC(C)c1c(C=O)c(Cl)nc2ccc(F)cc12. The van der Waals surface area contributed by atoms with E-state index in [2.05, 4.69) is 4.98 Å². The van der Waals surface area contributed by atoms with Crippen LogP contribution in [0.15, 0.2) is 18.2 Å². The number of rotatable bonds is 2. The lowest BCUT2D eigenvalue weighted by Crippen LogP contribution is -2.01. The molecule has 0 N–H and O–H groups in total. The number of fused-ring (bicyclic) bond motifs is 1. The molecular formula is C13H11ClFNO. The molecule has 0 bridgehead atoms. The van der Waals surface area contributed by atoms with E-state index in [0.29, 0.717) is 22.8 Å². The summed E-state index contributed by atoms with van der Waals surface area (Å²) in [5.41, 5.74) is 1.69. The Morgan fingerprint density at radius 1 is 1.41 bits per heavy atom. The van der Waals surface area contributed by atoms with Crippen LogP contribution in [0, 0.1) is 5.82 Å². The van der Waals surface area contributed by atoms with Crippen molar-refractivity contribution in [3.8, 4) is 0 Å². The number of hydrogen-bond acceptors (Lipinski definition) is 2. The van der Waals surface area contributed by atoms with Crippen molar-refractivity contribution < 1.29 is 9.18 Å². The van der Waals surface area contributed by atoms with Gasteiger partial charge in [-0.15, -0.1) is 0 Å². The third-order valence-corrected chi connectivity index (χ3v) is 2.96. The second-order valence-corrected chi connectivity index (χ2v) is 4.52. The zero-order chi connectivity index (χ0) is 12.6. The van der Waals surface area contributed by atoms with E-state index in [9.17, 15) is 9.18 Å². The van der Waals surface area contributed by atoms with Gasteiger partial charge in [0.1, 0.15) is 11.0 Å². The minimum Gasteiger partial charge on any atom is -0.298 e. The van der Waals surface area contributed by atoms with Crippen LogP contribution >= 0.6 is 11.6 Å². The van der Waals surface area contributed by atoms with Gasteiger partial charge < -0.3 is 0 Å². The predicted molar refractivity (Wildman–Crippen MR) is 66.2 cm³/mol. The second kappa shape index (κ2) is 4.41. The topological polar surface area (TPSA) is 30.0 Å². The largest absolute Gasteiger partial charge is 0.298 e. The summed E-state index contributed by atoms with van der Waals surface area (Å²) in [6, 6.07) is 4.29. The van der Waals surface area contributed by atoms with E-state index in [1.807, 2.05) is 13.8 Å². The molecule has 4 heteroatoms. The highest BCUT2D eigenvalue weighted by atomic mass is 35.5. The Bertz CT molecular complexity index is 595. The lowest BCUT2D eigenvalue weighted by molar-refractivity contribution is 0.112. The summed E-state index contributed by atoms with van der Waals surface area (Å²) in [6.45, 7) is 3.87. The Hall–Kier alpha value is -1.48. The first kappa shape index (κ1) is 12.0. The molecule has 0 unspecified atom stereocenters. The molecule has 1 aromatic heterocycles. The number of halogens is 2. The van der Waals surface area contributed by atoms with Crippen molar-refractivity contribution >= 4 is 28.8 Å². The first-order valence-electron chi connectivity index (χ1n) is 5.28. The average molecular weight is 252 g/mol. The zero-order valence-electron chi connectivity index (χ0n) is 9.50. The molecule has 0 fully saturated rings. The highest BCUT2D eigenvalue weighted by molar-refractivity contribution is 6.32. The van der Waals surface area contributed by atoms with Crippen LogP contribution < -0.4 is 0 Å². The molecule has 0 aliphatic carbocycles. The van der Waals surface area contributed by atoms with Gasteiger partial charge in [-0.25, -0.2) is 9.37 Å². The Labute approximate surface area is 103 Å². The number of pyridine rings is 1. The monoisotopic (exact) mass is 251 g/mol. The summed E-state index contributed by atoms with van der Waals surface area (Å²) in [6.07, 6.45) is 0.676. The standard InChI is InChI=1S/C13H11ClFNO/c1-7(2)12-9-5-8(15)3-4-11(9)16-13(14)10(12)6-17/h3-7H,1-2H3. The fourth-order valence-corrected chi connectivity index (χ4v) is 2.22. The van der Waals surface area contributed by atoms with E-state index < -0.39 is 0 Å². The number of hydrogen-bond donors (Lipinski definition) is 0. The van der Waals surface area contributed by atoms with Crippen molar-refractivity contribution in [1.29, 1.82) is 0 Å². The van der Waals surface area contributed by atoms with E-state index in [0.717, 1.165) is 5.56 Å². The molecule has 0 atom stereocenters. The fraction of sp³-hybridized carbons (Fsp3) is 0.231. The van der Waals surface area contributed by atoms with Gasteiger partial charge in [0.2, 0.25) is 0 Å². The van der Waals surface area contributed by atoms with Crippen LogP contribution in [-0.2, 0) is 0 Å². The van der Waals surface area contributed by atoms with Crippen molar-refractivity contribution in [1.82, 2.24) is 4.98 Å². The molecule has 0 aliphatic heterocycles. The Morgan fingerprint density at radius 3 is 2.71 bits per heavy atom. The molecular weight excluding hydrogens is 241 g/mol. The Balaban J connectivity index is 2.94. The number of carbonyl (C=O) groups is 1. The third kappa shape index (κ3) is 2.03. The van der Waals surface area contributed by atoms with E-state index in [1.54, 1.807) is 6.07 Å². The van der Waals surface area contributed by atoms with Gasteiger partial charge in [0.05, 0.1) is 11.1 Å². The van der Waals surface area contributed by atoms with Gasteiger partial charge >= 0.3 is 0 Å². The second-order valence-electron chi connectivity index (χ2n) is 4.16. The van der Waals surface area contributed by atoms with Gasteiger partial charge in [-0.1, -0.05) is 25.4 Å². The van der Waals surface area contributed by atoms with Crippen LogP contribution in [0.3, 0.4) is 0 Å².